The zero-order chi connectivity index (χ0) is 26.8. The van der Waals surface area contributed by atoms with E-state index in [1.54, 1.807) is 18.3 Å². The van der Waals surface area contributed by atoms with Crippen LogP contribution in [-0.4, -0.2) is 61.4 Å². The van der Waals surface area contributed by atoms with Gasteiger partial charge in [-0.1, -0.05) is 17.7 Å². The molecule has 0 amide bonds. The van der Waals surface area contributed by atoms with Crippen molar-refractivity contribution in [2.45, 2.75) is 44.9 Å². The highest BCUT2D eigenvalue weighted by Crippen LogP contribution is 2.28. The maximum absolute atomic E-state index is 11.5. The average Bonchev–Trinajstić information content (AvgIpc) is 3.26. The van der Waals surface area contributed by atoms with Gasteiger partial charge in [-0.25, -0.2) is 14.8 Å². The first-order chi connectivity index (χ1) is 19.0. The van der Waals surface area contributed by atoms with Gasteiger partial charge in [0.1, 0.15) is 23.8 Å². The molecule has 0 aromatic carbocycles. The Kier molecular flexibility index (Phi) is 7.30. The third-order valence-corrected chi connectivity index (χ3v) is 7.57. The van der Waals surface area contributed by atoms with Crippen molar-refractivity contribution >= 4 is 34.6 Å². The first-order valence-electron chi connectivity index (χ1n) is 13.2. The summed E-state index contributed by atoms with van der Waals surface area (Å²) >= 11 is 5.91. The Labute approximate surface area is 230 Å². The number of carbonyl (C=O) groups is 1. The van der Waals surface area contributed by atoms with E-state index in [9.17, 15) is 9.90 Å². The minimum Gasteiger partial charge on any atom is -0.477 e. The second-order valence-electron chi connectivity index (χ2n) is 9.99. The fraction of sp³-hybridized carbons (Fsp3) is 0.393. The Balaban J connectivity index is 1.11. The number of fused-ring (bicyclic) bond motifs is 1. The molecule has 0 spiro atoms. The lowest BCUT2D eigenvalue weighted by Gasteiger charge is -2.33. The number of pyridine rings is 3. The van der Waals surface area contributed by atoms with Crippen molar-refractivity contribution in [2.24, 2.45) is 5.92 Å². The van der Waals surface area contributed by atoms with E-state index in [-0.39, 0.29) is 11.8 Å². The summed E-state index contributed by atoms with van der Waals surface area (Å²) in [6.07, 6.45) is 5.52. The number of imidazole rings is 1. The first kappa shape index (κ1) is 25.5. The zero-order valence-electron chi connectivity index (χ0n) is 21.4. The molecule has 0 bridgehead atoms. The van der Waals surface area contributed by atoms with Crippen LogP contribution in [0.5, 0.6) is 5.88 Å². The summed E-state index contributed by atoms with van der Waals surface area (Å²) in [6, 6.07) is 12.7. The lowest BCUT2D eigenvalue weighted by Crippen LogP contribution is -2.35. The van der Waals surface area contributed by atoms with Crippen molar-refractivity contribution in [3.63, 3.8) is 0 Å². The first-order valence-corrected chi connectivity index (χ1v) is 13.6. The van der Waals surface area contributed by atoms with Crippen LogP contribution in [0.2, 0.25) is 5.02 Å². The predicted molar refractivity (Wildman–Crippen MR) is 145 cm³/mol. The summed E-state index contributed by atoms with van der Waals surface area (Å²) in [6.45, 7) is 3.49. The van der Waals surface area contributed by atoms with Crippen LogP contribution in [0.4, 0.5) is 5.82 Å². The van der Waals surface area contributed by atoms with Crippen LogP contribution in [0.15, 0.2) is 48.7 Å². The van der Waals surface area contributed by atoms with Crippen LogP contribution in [0.3, 0.4) is 0 Å². The molecule has 1 atom stereocenters. The molecule has 2 saturated heterocycles. The van der Waals surface area contributed by atoms with Crippen LogP contribution >= 0.6 is 11.6 Å². The summed E-state index contributed by atoms with van der Waals surface area (Å²) in [5, 5.41) is 10.0. The van der Waals surface area contributed by atoms with E-state index in [4.69, 9.17) is 31.0 Å². The van der Waals surface area contributed by atoms with E-state index in [1.807, 2.05) is 24.3 Å². The third-order valence-electron chi connectivity index (χ3n) is 7.35. The average molecular weight is 549 g/mol. The van der Waals surface area contributed by atoms with Crippen molar-refractivity contribution in [3.8, 4) is 5.88 Å². The number of nitrogens with zero attached hydrogens (tertiary/aromatic N) is 6. The van der Waals surface area contributed by atoms with Gasteiger partial charge in [0.2, 0.25) is 5.88 Å². The summed E-state index contributed by atoms with van der Waals surface area (Å²) < 4.78 is 13.6. The van der Waals surface area contributed by atoms with Crippen LogP contribution in [0.25, 0.3) is 11.2 Å². The number of carboxylic acid groups (broad SMARTS) is 1. The van der Waals surface area contributed by atoms with E-state index in [0.29, 0.717) is 35.6 Å². The van der Waals surface area contributed by atoms with Gasteiger partial charge in [-0.3, -0.25) is 4.98 Å². The molecule has 6 heterocycles. The van der Waals surface area contributed by atoms with Gasteiger partial charge in [-0.05, 0) is 55.5 Å². The number of aromatic nitrogens is 5. The molecule has 6 rings (SSSR count). The molecule has 0 unspecified atom stereocenters. The summed E-state index contributed by atoms with van der Waals surface area (Å²) in [7, 11) is 0. The molecule has 11 heteroatoms. The van der Waals surface area contributed by atoms with Gasteiger partial charge in [0, 0.05) is 38.4 Å². The number of hydrogen-bond donors (Lipinski definition) is 1. The molecule has 0 saturated carbocycles. The molecule has 39 heavy (non-hydrogen) atoms. The normalized spacial score (nSPS) is 17.8. The number of halogens is 1. The highest BCUT2D eigenvalue weighted by molar-refractivity contribution is 6.30. The second-order valence-corrected chi connectivity index (χ2v) is 10.4. The molecule has 4 aromatic rings. The number of carboxylic acids is 1. The van der Waals surface area contributed by atoms with Gasteiger partial charge in [0.15, 0.2) is 11.3 Å². The quantitative estimate of drug-likeness (QED) is 0.325. The van der Waals surface area contributed by atoms with E-state index < -0.39 is 5.97 Å². The number of rotatable bonds is 9. The molecule has 2 aliphatic heterocycles. The number of aromatic carboxylic acids is 1. The topological polar surface area (TPSA) is 115 Å². The van der Waals surface area contributed by atoms with Crippen LogP contribution in [0, 0.1) is 5.92 Å². The summed E-state index contributed by atoms with van der Waals surface area (Å²) in [4.78, 5) is 32.0. The van der Waals surface area contributed by atoms with Gasteiger partial charge >= 0.3 is 5.97 Å². The Morgan fingerprint density at radius 3 is 2.64 bits per heavy atom. The SMILES string of the molecule is O=C(O)c1ccc2nc(CC3CCN(c4cccc(OCc5ccc(Cl)cn5)n4)CC3)n(C[C@@H]3CCO3)c2n1. The monoisotopic (exact) mass is 548 g/mol. The highest BCUT2D eigenvalue weighted by atomic mass is 35.5. The number of piperidine rings is 1. The standard InChI is InChI=1S/C28H29ClN6O4/c29-19-4-5-20(30-15-19)17-39-26-3-1-2-24(33-26)34-11-8-18(9-12-34)14-25-31-22-6-7-23(28(36)37)32-27(22)35(25)16-21-10-13-38-21/h1-7,15,18,21H,8-14,16-17H2,(H,36,37)/t21-/m0/s1. The third kappa shape index (κ3) is 5.81. The lowest BCUT2D eigenvalue weighted by molar-refractivity contribution is -0.0591. The maximum Gasteiger partial charge on any atom is 0.354 e. The Morgan fingerprint density at radius 1 is 1.08 bits per heavy atom. The number of ether oxygens (including phenoxy) is 2. The van der Waals surface area contributed by atoms with Gasteiger partial charge < -0.3 is 24.0 Å². The number of anilines is 1. The minimum atomic E-state index is -1.04. The Morgan fingerprint density at radius 2 is 1.92 bits per heavy atom. The maximum atomic E-state index is 11.5. The predicted octanol–water partition coefficient (Wildman–Crippen LogP) is 4.40. The van der Waals surface area contributed by atoms with Gasteiger partial charge in [-0.15, -0.1) is 0 Å². The minimum absolute atomic E-state index is 0.0289. The van der Waals surface area contributed by atoms with Gasteiger partial charge in [-0.2, -0.15) is 4.98 Å². The smallest absolute Gasteiger partial charge is 0.354 e. The number of hydrogen-bond acceptors (Lipinski definition) is 8. The van der Waals surface area contributed by atoms with Crippen LogP contribution < -0.4 is 9.64 Å². The summed E-state index contributed by atoms with van der Waals surface area (Å²) in [5.74, 6) is 1.82. The molecule has 0 aliphatic carbocycles. The molecule has 2 aliphatic rings. The molecular weight excluding hydrogens is 520 g/mol. The van der Waals surface area contributed by atoms with Crippen molar-refractivity contribution < 1.29 is 19.4 Å². The molecule has 4 aromatic heterocycles. The molecule has 2 fully saturated rings. The molecule has 10 nitrogen and oxygen atoms in total. The largest absolute Gasteiger partial charge is 0.477 e. The molecule has 202 valence electrons. The Hall–Kier alpha value is -3.76. The second kappa shape index (κ2) is 11.2. The van der Waals surface area contributed by atoms with Crippen molar-refractivity contribution in [1.82, 2.24) is 24.5 Å². The van der Waals surface area contributed by atoms with Crippen molar-refractivity contribution in [3.05, 3.63) is 70.9 Å². The van der Waals surface area contributed by atoms with E-state index in [2.05, 4.69) is 19.4 Å². The fourth-order valence-electron chi connectivity index (χ4n) is 5.07. The Bertz CT molecular complexity index is 1460. The van der Waals surface area contributed by atoms with Crippen LogP contribution in [0.1, 0.15) is 41.3 Å². The van der Waals surface area contributed by atoms with Crippen molar-refractivity contribution in [2.75, 3.05) is 24.6 Å². The fourth-order valence-corrected chi connectivity index (χ4v) is 5.18. The zero-order valence-corrected chi connectivity index (χ0v) is 22.1. The molecular formula is C28H29ClN6O4. The van der Waals surface area contributed by atoms with Crippen molar-refractivity contribution in [1.29, 1.82) is 0 Å². The highest BCUT2D eigenvalue weighted by Gasteiger charge is 2.26. The van der Waals surface area contributed by atoms with E-state index >= 15 is 0 Å². The molecule has 1 N–H and O–H groups in total. The van der Waals surface area contributed by atoms with Crippen LogP contribution in [-0.2, 0) is 24.3 Å². The molecule has 0 radical (unpaired) electrons. The van der Waals surface area contributed by atoms with Gasteiger partial charge in [0.25, 0.3) is 0 Å². The van der Waals surface area contributed by atoms with Gasteiger partial charge in [0.05, 0.1) is 23.4 Å². The van der Waals surface area contributed by atoms with E-state index in [0.717, 1.165) is 68.2 Å². The lowest BCUT2D eigenvalue weighted by atomic mass is 9.93. The van der Waals surface area contributed by atoms with E-state index in [1.165, 1.54) is 6.07 Å². The summed E-state index contributed by atoms with van der Waals surface area (Å²) in [5.41, 5.74) is 2.16.